The summed E-state index contributed by atoms with van der Waals surface area (Å²) in [5, 5.41) is 10.6. The summed E-state index contributed by atoms with van der Waals surface area (Å²) in [5.74, 6) is 0.740. The number of amides is 1. The number of nitrogens with zero attached hydrogens (tertiary/aromatic N) is 2. The molecule has 1 fully saturated rings. The Hall–Kier alpha value is -3.26. The van der Waals surface area contributed by atoms with E-state index in [4.69, 9.17) is 13.6 Å². The summed E-state index contributed by atoms with van der Waals surface area (Å²) in [6.45, 7) is 5.92. The maximum absolute atomic E-state index is 12.8. The Morgan fingerprint density at radius 2 is 1.93 bits per heavy atom. The minimum absolute atomic E-state index is 0.0230. The molecule has 29 heavy (non-hydrogen) atoms. The first-order valence-corrected chi connectivity index (χ1v) is 9.41. The monoisotopic (exact) mass is 395 g/mol. The Bertz CT molecular complexity index is 1130. The van der Waals surface area contributed by atoms with Crippen LogP contribution in [0.1, 0.15) is 52.1 Å². The van der Waals surface area contributed by atoms with E-state index >= 15 is 0 Å². The fourth-order valence-corrected chi connectivity index (χ4v) is 3.35. The summed E-state index contributed by atoms with van der Waals surface area (Å²) in [7, 11) is 0. The molecule has 8 heteroatoms. The summed E-state index contributed by atoms with van der Waals surface area (Å²) in [4.78, 5) is 25.3. The number of nitrogens with one attached hydrogen (secondary N) is 1. The molecule has 4 rings (SSSR count). The molecule has 0 bridgehead atoms. The third-order valence-corrected chi connectivity index (χ3v) is 4.90. The van der Waals surface area contributed by atoms with Gasteiger partial charge in [0.15, 0.2) is 0 Å². The molecule has 1 aliphatic heterocycles. The molecule has 0 saturated carbocycles. The first kappa shape index (κ1) is 19.1. The van der Waals surface area contributed by atoms with Crippen molar-refractivity contribution in [3.8, 4) is 11.5 Å². The molecule has 150 valence electrons. The highest BCUT2D eigenvalue weighted by Crippen LogP contribution is 2.29. The molecule has 3 aromatic rings. The number of hydrogen-bond donors (Lipinski definition) is 1. The van der Waals surface area contributed by atoms with Gasteiger partial charge in [-0.1, -0.05) is 6.07 Å². The van der Waals surface area contributed by atoms with Gasteiger partial charge in [-0.2, -0.15) is 0 Å². The highest BCUT2D eigenvalue weighted by atomic mass is 16.5. The number of anilines is 1. The zero-order valence-electron chi connectivity index (χ0n) is 16.4. The van der Waals surface area contributed by atoms with Gasteiger partial charge >= 0.3 is 5.63 Å². The van der Waals surface area contributed by atoms with Gasteiger partial charge in [-0.15, -0.1) is 10.2 Å². The number of ether oxygens (including phenoxy) is 1. The molecule has 1 aliphatic rings. The van der Waals surface area contributed by atoms with Crippen molar-refractivity contribution in [2.45, 2.75) is 39.7 Å². The molecule has 1 N–H and O–H groups in total. The Balaban J connectivity index is 1.62. The molecular weight excluding hydrogens is 374 g/mol. The van der Waals surface area contributed by atoms with Crippen LogP contribution in [0.25, 0.3) is 11.5 Å². The van der Waals surface area contributed by atoms with E-state index in [0.29, 0.717) is 41.0 Å². The van der Waals surface area contributed by atoms with Crippen LogP contribution in [0.4, 0.5) is 5.69 Å². The van der Waals surface area contributed by atoms with Crippen molar-refractivity contribution in [2.75, 3.05) is 11.9 Å². The van der Waals surface area contributed by atoms with Crippen molar-refractivity contribution < 1.29 is 18.4 Å². The van der Waals surface area contributed by atoms with Gasteiger partial charge in [0, 0.05) is 24.8 Å². The molecule has 0 spiro atoms. The normalized spacial score (nSPS) is 16.2. The van der Waals surface area contributed by atoms with Gasteiger partial charge in [0.1, 0.15) is 17.4 Å². The molecular formula is C21H21N3O5. The van der Waals surface area contributed by atoms with E-state index in [1.807, 2.05) is 19.1 Å². The minimum atomic E-state index is -0.672. The molecule has 1 unspecified atom stereocenters. The van der Waals surface area contributed by atoms with Gasteiger partial charge < -0.3 is 18.9 Å². The van der Waals surface area contributed by atoms with Crippen molar-refractivity contribution in [3.63, 3.8) is 0 Å². The number of carbonyl (C=O) groups excluding carboxylic acids is 1. The number of carbonyl (C=O) groups is 1. The van der Waals surface area contributed by atoms with Crippen LogP contribution in [0.3, 0.4) is 0 Å². The fourth-order valence-electron chi connectivity index (χ4n) is 3.35. The Labute approximate surface area is 166 Å². The SMILES string of the molecule is Cc1nnc(-c2ccc(C)c(NC(=O)c3c(C)cc(C4CCCO4)oc3=O)c2)o1. The fraction of sp³-hybridized carbons (Fsp3) is 0.333. The third kappa shape index (κ3) is 3.84. The summed E-state index contributed by atoms with van der Waals surface area (Å²) >= 11 is 0. The van der Waals surface area contributed by atoms with Crippen LogP contribution in [-0.4, -0.2) is 22.7 Å². The van der Waals surface area contributed by atoms with E-state index < -0.39 is 11.5 Å². The van der Waals surface area contributed by atoms with Crippen LogP contribution >= 0.6 is 0 Å². The van der Waals surface area contributed by atoms with E-state index in [2.05, 4.69) is 15.5 Å². The average Bonchev–Trinajstić information content (AvgIpc) is 3.35. The molecule has 8 nitrogen and oxygen atoms in total. The molecule has 1 atom stereocenters. The van der Waals surface area contributed by atoms with Crippen LogP contribution in [0, 0.1) is 20.8 Å². The predicted molar refractivity (Wildman–Crippen MR) is 105 cm³/mol. The summed E-state index contributed by atoms with van der Waals surface area (Å²) < 4.78 is 16.4. The molecule has 0 radical (unpaired) electrons. The van der Waals surface area contributed by atoms with Crippen LogP contribution < -0.4 is 10.9 Å². The lowest BCUT2D eigenvalue weighted by molar-refractivity contribution is 0.0895. The van der Waals surface area contributed by atoms with E-state index in [1.165, 1.54) is 0 Å². The second-order valence-electron chi connectivity index (χ2n) is 7.11. The maximum atomic E-state index is 12.8. The molecule has 0 aliphatic carbocycles. The lowest BCUT2D eigenvalue weighted by atomic mass is 10.1. The van der Waals surface area contributed by atoms with Crippen LogP contribution in [0.15, 0.2) is 37.9 Å². The van der Waals surface area contributed by atoms with Gasteiger partial charge in [0.2, 0.25) is 11.8 Å². The Morgan fingerprint density at radius 3 is 2.59 bits per heavy atom. The Kier molecular flexibility index (Phi) is 5.02. The predicted octanol–water partition coefficient (Wildman–Crippen LogP) is 3.72. The summed E-state index contributed by atoms with van der Waals surface area (Å²) in [6.07, 6.45) is 1.50. The second kappa shape index (κ2) is 7.63. The number of aromatic nitrogens is 2. The number of aryl methyl sites for hydroxylation is 3. The third-order valence-electron chi connectivity index (χ3n) is 4.90. The van der Waals surface area contributed by atoms with Crippen molar-refractivity contribution >= 4 is 11.6 Å². The highest BCUT2D eigenvalue weighted by Gasteiger charge is 2.24. The van der Waals surface area contributed by atoms with Gasteiger partial charge in [-0.25, -0.2) is 4.79 Å². The van der Waals surface area contributed by atoms with Gasteiger partial charge in [-0.3, -0.25) is 4.79 Å². The smallest absolute Gasteiger partial charge is 0.349 e. The molecule has 2 aromatic heterocycles. The van der Waals surface area contributed by atoms with Crippen LogP contribution in [0.5, 0.6) is 0 Å². The van der Waals surface area contributed by atoms with Gasteiger partial charge in [0.25, 0.3) is 5.91 Å². The lowest BCUT2D eigenvalue weighted by Crippen LogP contribution is -2.23. The topological polar surface area (TPSA) is 107 Å². The number of rotatable bonds is 4. The second-order valence-corrected chi connectivity index (χ2v) is 7.11. The van der Waals surface area contributed by atoms with Gasteiger partial charge in [0.05, 0.1) is 0 Å². The van der Waals surface area contributed by atoms with E-state index in [-0.39, 0.29) is 11.7 Å². The van der Waals surface area contributed by atoms with E-state index in [1.54, 1.807) is 26.0 Å². The molecule has 1 amide bonds. The van der Waals surface area contributed by atoms with Crippen molar-refractivity contribution in [2.24, 2.45) is 0 Å². The summed E-state index contributed by atoms with van der Waals surface area (Å²) in [6, 6.07) is 7.10. The first-order chi connectivity index (χ1) is 13.9. The zero-order chi connectivity index (χ0) is 20.5. The average molecular weight is 395 g/mol. The first-order valence-electron chi connectivity index (χ1n) is 9.41. The van der Waals surface area contributed by atoms with Crippen molar-refractivity contribution in [3.05, 3.63) is 63.0 Å². The van der Waals surface area contributed by atoms with Crippen LogP contribution in [-0.2, 0) is 4.74 Å². The van der Waals surface area contributed by atoms with Crippen LogP contribution in [0.2, 0.25) is 0 Å². The molecule has 1 saturated heterocycles. The lowest BCUT2D eigenvalue weighted by Gasteiger charge is -2.12. The minimum Gasteiger partial charge on any atom is -0.424 e. The summed E-state index contributed by atoms with van der Waals surface area (Å²) in [5.41, 5.74) is 1.90. The number of hydrogen-bond acceptors (Lipinski definition) is 7. The van der Waals surface area contributed by atoms with Gasteiger partial charge in [-0.05, 0) is 56.0 Å². The van der Waals surface area contributed by atoms with Crippen molar-refractivity contribution in [1.29, 1.82) is 0 Å². The Morgan fingerprint density at radius 1 is 1.10 bits per heavy atom. The van der Waals surface area contributed by atoms with E-state index in [9.17, 15) is 9.59 Å². The maximum Gasteiger partial charge on any atom is 0.349 e. The zero-order valence-corrected chi connectivity index (χ0v) is 16.4. The highest BCUT2D eigenvalue weighted by molar-refractivity contribution is 6.05. The molecule has 3 heterocycles. The van der Waals surface area contributed by atoms with Crippen molar-refractivity contribution in [1.82, 2.24) is 10.2 Å². The van der Waals surface area contributed by atoms with E-state index in [0.717, 1.165) is 18.4 Å². The standard InChI is InChI=1S/C21H21N3O5/c1-11-6-7-14(20-24-23-13(3)28-20)10-15(11)22-19(25)18-12(2)9-17(29-21(18)26)16-5-4-8-27-16/h6-7,9-10,16H,4-5,8H2,1-3H3,(H,22,25). The largest absolute Gasteiger partial charge is 0.424 e. The molecule has 1 aromatic carbocycles. The quantitative estimate of drug-likeness (QED) is 0.717. The number of benzene rings is 1.